The summed E-state index contributed by atoms with van der Waals surface area (Å²) in [5, 5.41) is 9.21. The second-order valence-electron chi connectivity index (χ2n) is 4.73. The van der Waals surface area contributed by atoms with Gasteiger partial charge in [-0.3, -0.25) is 4.79 Å². The lowest BCUT2D eigenvalue weighted by molar-refractivity contribution is -0.137. The molecule has 0 aromatic heterocycles. The number of rotatable bonds is 6. The van der Waals surface area contributed by atoms with Crippen LogP contribution in [0.4, 0.5) is 0 Å². The highest BCUT2D eigenvalue weighted by atomic mass is 35.5. The van der Waals surface area contributed by atoms with Crippen LogP contribution < -0.4 is 0 Å². The lowest BCUT2D eigenvalue weighted by atomic mass is 10.2. The predicted octanol–water partition coefficient (Wildman–Crippen LogP) is 3.27. The fourth-order valence-electron chi connectivity index (χ4n) is 1.98. The number of benzene rings is 2. The molecule has 0 fully saturated rings. The Kier molecular flexibility index (Phi) is 5.64. The Balaban J connectivity index is 2.44. The van der Waals surface area contributed by atoms with E-state index in [-0.39, 0.29) is 21.5 Å². The van der Waals surface area contributed by atoms with E-state index in [4.69, 9.17) is 28.3 Å². The van der Waals surface area contributed by atoms with Crippen LogP contribution in [0, 0.1) is 0 Å². The molecule has 0 saturated carbocycles. The summed E-state index contributed by atoms with van der Waals surface area (Å²) >= 11 is 11.8. The van der Waals surface area contributed by atoms with Crippen LogP contribution in [0.3, 0.4) is 0 Å². The van der Waals surface area contributed by atoms with Gasteiger partial charge in [-0.05, 0) is 23.8 Å². The largest absolute Gasteiger partial charge is 0.480 e. The summed E-state index contributed by atoms with van der Waals surface area (Å²) in [6.07, 6.45) is 0. The van der Waals surface area contributed by atoms with E-state index in [0.717, 1.165) is 4.31 Å². The molecule has 122 valence electrons. The molecule has 0 bridgehead atoms. The summed E-state index contributed by atoms with van der Waals surface area (Å²) in [6.45, 7) is -0.765. The minimum Gasteiger partial charge on any atom is -0.480 e. The van der Waals surface area contributed by atoms with Gasteiger partial charge in [0.25, 0.3) is 0 Å². The van der Waals surface area contributed by atoms with E-state index >= 15 is 0 Å². The average molecular weight is 374 g/mol. The lowest BCUT2D eigenvalue weighted by Gasteiger charge is -2.21. The molecule has 8 heteroatoms. The highest BCUT2D eigenvalue weighted by Crippen LogP contribution is 2.28. The third-order valence-electron chi connectivity index (χ3n) is 3.02. The van der Waals surface area contributed by atoms with Gasteiger partial charge in [0.2, 0.25) is 10.0 Å². The van der Waals surface area contributed by atoms with Crippen molar-refractivity contribution in [2.45, 2.75) is 11.4 Å². The van der Waals surface area contributed by atoms with E-state index in [2.05, 4.69) is 0 Å². The van der Waals surface area contributed by atoms with E-state index in [0.29, 0.717) is 5.56 Å². The normalized spacial score (nSPS) is 11.6. The van der Waals surface area contributed by atoms with Gasteiger partial charge in [0.15, 0.2) is 0 Å². The maximum absolute atomic E-state index is 12.8. The fraction of sp³-hybridized carbons (Fsp3) is 0.133. The minimum atomic E-state index is -4.11. The zero-order valence-corrected chi connectivity index (χ0v) is 14.1. The first kappa shape index (κ1) is 17.7. The Morgan fingerprint density at radius 3 is 2.35 bits per heavy atom. The van der Waals surface area contributed by atoms with E-state index < -0.39 is 22.5 Å². The zero-order valence-electron chi connectivity index (χ0n) is 11.8. The predicted molar refractivity (Wildman–Crippen MR) is 88.1 cm³/mol. The summed E-state index contributed by atoms with van der Waals surface area (Å²) in [7, 11) is -4.11. The zero-order chi connectivity index (χ0) is 17.0. The van der Waals surface area contributed by atoms with Gasteiger partial charge in [0, 0.05) is 11.6 Å². The molecule has 23 heavy (non-hydrogen) atoms. The molecule has 0 aliphatic rings. The molecule has 2 aromatic rings. The van der Waals surface area contributed by atoms with Gasteiger partial charge >= 0.3 is 5.97 Å². The monoisotopic (exact) mass is 373 g/mol. The third kappa shape index (κ3) is 4.45. The number of nitrogens with zero attached hydrogens (tertiary/aromatic N) is 1. The summed E-state index contributed by atoms with van der Waals surface area (Å²) in [4.78, 5) is 10.8. The van der Waals surface area contributed by atoms with Crippen molar-refractivity contribution in [2.24, 2.45) is 0 Å². The van der Waals surface area contributed by atoms with Gasteiger partial charge < -0.3 is 5.11 Å². The van der Waals surface area contributed by atoms with Crippen LogP contribution in [0.25, 0.3) is 0 Å². The van der Waals surface area contributed by atoms with Crippen molar-refractivity contribution in [2.75, 3.05) is 6.54 Å². The highest BCUT2D eigenvalue weighted by Gasteiger charge is 2.29. The molecule has 0 heterocycles. The SMILES string of the molecule is O=C(O)CN(Cc1ccccc1)S(=O)(=O)c1cc(Cl)ccc1Cl. The Bertz CT molecular complexity index is 809. The van der Waals surface area contributed by atoms with E-state index in [1.165, 1.54) is 18.2 Å². The molecule has 2 aromatic carbocycles. The number of halogens is 2. The first-order valence-electron chi connectivity index (χ1n) is 6.51. The molecular weight excluding hydrogens is 361 g/mol. The van der Waals surface area contributed by atoms with Crippen LogP contribution in [-0.4, -0.2) is 30.3 Å². The molecule has 0 saturated heterocycles. The molecule has 5 nitrogen and oxygen atoms in total. The standard InChI is InChI=1S/C15H13Cl2NO4S/c16-12-6-7-13(17)14(8-12)23(21,22)18(10-15(19)20)9-11-4-2-1-3-5-11/h1-8H,9-10H2,(H,19,20). The van der Waals surface area contributed by atoms with Crippen molar-refractivity contribution in [3.8, 4) is 0 Å². The fourth-order valence-corrected chi connectivity index (χ4v) is 4.09. The molecule has 0 aliphatic heterocycles. The highest BCUT2D eigenvalue weighted by molar-refractivity contribution is 7.89. The Hall–Kier alpha value is -1.60. The van der Waals surface area contributed by atoms with E-state index in [9.17, 15) is 13.2 Å². The van der Waals surface area contributed by atoms with Crippen molar-refractivity contribution >= 4 is 39.2 Å². The topological polar surface area (TPSA) is 74.7 Å². The molecular formula is C15H13Cl2NO4S. The Labute approximate surface area is 144 Å². The molecule has 0 radical (unpaired) electrons. The molecule has 0 spiro atoms. The van der Waals surface area contributed by atoms with Crippen molar-refractivity contribution in [1.29, 1.82) is 0 Å². The lowest BCUT2D eigenvalue weighted by Crippen LogP contribution is -2.35. The molecule has 2 rings (SSSR count). The van der Waals surface area contributed by atoms with Crippen molar-refractivity contribution < 1.29 is 18.3 Å². The van der Waals surface area contributed by atoms with E-state index in [1.807, 2.05) is 0 Å². The van der Waals surface area contributed by atoms with Gasteiger partial charge in [-0.2, -0.15) is 4.31 Å². The second-order valence-corrected chi connectivity index (χ2v) is 7.48. The average Bonchev–Trinajstić information content (AvgIpc) is 2.49. The van der Waals surface area contributed by atoms with Crippen molar-refractivity contribution in [3.05, 3.63) is 64.1 Å². The van der Waals surface area contributed by atoms with Crippen molar-refractivity contribution in [3.63, 3.8) is 0 Å². The molecule has 0 amide bonds. The number of hydrogen-bond acceptors (Lipinski definition) is 3. The third-order valence-corrected chi connectivity index (χ3v) is 5.53. The van der Waals surface area contributed by atoms with Crippen LogP contribution in [0.15, 0.2) is 53.4 Å². The van der Waals surface area contributed by atoms with Crippen LogP contribution >= 0.6 is 23.2 Å². The minimum absolute atomic E-state index is 0.0159. The summed E-state index contributed by atoms with van der Waals surface area (Å²) in [6, 6.07) is 12.7. The molecule has 0 atom stereocenters. The number of carboxylic acid groups (broad SMARTS) is 1. The smallest absolute Gasteiger partial charge is 0.318 e. The number of sulfonamides is 1. The number of carbonyl (C=O) groups is 1. The quantitative estimate of drug-likeness (QED) is 0.842. The van der Waals surface area contributed by atoms with Crippen LogP contribution in [0.2, 0.25) is 10.0 Å². The maximum Gasteiger partial charge on any atom is 0.318 e. The van der Waals surface area contributed by atoms with Gasteiger partial charge in [-0.25, -0.2) is 8.42 Å². The van der Waals surface area contributed by atoms with Gasteiger partial charge in [0.05, 0.1) is 5.02 Å². The number of aliphatic carboxylic acids is 1. The van der Waals surface area contributed by atoms with Crippen LogP contribution in [0.1, 0.15) is 5.56 Å². The summed E-state index contributed by atoms with van der Waals surface area (Å²) < 4.78 is 26.4. The van der Waals surface area contributed by atoms with E-state index in [1.54, 1.807) is 30.3 Å². The van der Waals surface area contributed by atoms with Gasteiger partial charge in [-0.1, -0.05) is 53.5 Å². The first-order chi connectivity index (χ1) is 10.8. The molecule has 0 aliphatic carbocycles. The molecule has 1 N–H and O–H groups in total. The van der Waals surface area contributed by atoms with Crippen LogP contribution in [0.5, 0.6) is 0 Å². The number of carboxylic acids is 1. The van der Waals surface area contributed by atoms with Crippen molar-refractivity contribution in [1.82, 2.24) is 4.31 Å². The maximum atomic E-state index is 12.8. The Morgan fingerprint density at radius 1 is 1.09 bits per heavy atom. The summed E-state index contributed by atoms with van der Waals surface area (Å²) in [5.41, 5.74) is 0.662. The first-order valence-corrected chi connectivity index (χ1v) is 8.71. The van der Waals surface area contributed by atoms with Gasteiger partial charge in [-0.15, -0.1) is 0 Å². The molecule has 0 unspecified atom stereocenters. The van der Waals surface area contributed by atoms with Crippen LogP contribution in [-0.2, 0) is 21.4 Å². The summed E-state index contributed by atoms with van der Waals surface area (Å²) in [5.74, 6) is -1.26. The van der Waals surface area contributed by atoms with Gasteiger partial charge in [0.1, 0.15) is 11.4 Å². The number of hydrogen-bond donors (Lipinski definition) is 1. The second kappa shape index (κ2) is 7.31. The Morgan fingerprint density at radius 2 is 1.74 bits per heavy atom.